The van der Waals surface area contributed by atoms with Gasteiger partial charge in [0.1, 0.15) is 0 Å². The number of halogens is 3. The third-order valence-electron chi connectivity index (χ3n) is 1.83. The predicted molar refractivity (Wildman–Crippen MR) is 48.3 cm³/mol. The first-order valence-electron chi connectivity index (χ1n) is 4.60. The highest BCUT2D eigenvalue weighted by atomic mass is 19.4. The molecule has 0 aliphatic rings. The number of aliphatic hydroxyl groups is 1. The Hall–Kier alpha value is -0.820. The molecule has 7 heteroatoms. The summed E-state index contributed by atoms with van der Waals surface area (Å²) in [5.74, 6) is -1.93. The topological polar surface area (TPSA) is 52.6 Å². The van der Waals surface area contributed by atoms with E-state index in [0.717, 1.165) is 0 Å². The number of nitrogens with one attached hydrogen (secondary N) is 1. The lowest BCUT2D eigenvalue weighted by Crippen LogP contribution is -2.41. The molecule has 0 bridgehead atoms. The monoisotopic (exact) mass is 228 g/mol. The summed E-state index contributed by atoms with van der Waals surface area (Å²) in [6.45, 7) is 2.98. The van der Waals surface area contributed by atoms with Crippen molar-refractivity contribution in [1.82, 2.24) is 10.2 Å². The van der Waals surface area contributed by atoms with Gasteiger partial charge in [-0.15, -0.1) is 0 Å². The van der Waals surface area contributed by atoms with Crippen molar-refractivity contribution in [1.29, 1.82) is 0 Å². The largest absolute Gasteiger partial charge is 0.471 e. The molecule has 0 radical (unpaired) electrons. The van der Waals surface area contributed by atoms with Gasteiger partial charge in [-0.3, -0.25) is 9.69 Å². The number of hydrogen-bond donors (Lipinski definition) is 2. The molecule has 0 aliphatic heterocycles. The number of carbonyl (C=O) groups is 1. The van der Waals surface area contributed by atoms with E-state index < -0.39 is 12.1 Å². The van der Waals surface area contributed by atoms with E-state index in [2.05, 4.69) is 0 Å². The lowest BCUT2D eigenvalue weighted by atomic mass is 10.4. The molecule has 0 fully saturated rings. The Bertz CT molecular complexity index is 197. The molecule has 0 heterocycles. The van der Waals surface area contributed by atoms with Crippen molar-refractivity contribution in [3.8, 4) is 0 Å². The summed E-state index contributed by atoms with van der Waals surface area (Å²) in [6, 6.07) is 0. The van der Waals surface area contributed by atoms with Gasteiger partial charge in [-0.25, -0.2) is 0 Å². The third-order valence-corrected chi connectivity index (χ3v) is 1.83. The normalized spacial score (nSPS) is 11.9. The van der Waals surface area contributed by atoms with Crippen LogP contribution in [0, 0.1) is 0 Å². The fourth-order valence-corrected chi connectivity index (χ4v) is 0.997. The Morgan fingerprint density at radius 3 is 2.40 bits per heavy atom. The lowest BCUT2D eigenvalue weighted by molar-refractivity contribution is -0.173. The van der Waals surface area contributed by atoms with Crippen LogP contribution in [-0.2, 0) is 4.79 Å². The Morgan fingerprint density at radius 1 is 1.40 bits per heavy atom. The minimum absolute atomic E-state index is 0.0545. The van der Waals surface area contributed by atoms with E-state index in [1.165, 1.54) is 0 Å². The van der Waals surface area contributed by atoms with Crippen LogP contribution >= 0.6 is 0 Å². The average Bonchev–Trinajstić information content (AvgIpc) is 2.14. The number of alkyl halides is 3. The molecule has 0 atom stereocenters. The van der Waals surface area contributed by atoms with E-state index in [0.29, 0.717) is 19.6 Å². The molecular weight excluding hydrogens is 213 g/mol. The number of rotatable bonds is 6. The van der Waals surface area contributed by atoms with Gasteiger partial charge in [0, 0.05) is 19.6 Å². The minimum Gasteiger partial charge on any atom is -0.395 e. The maximum atomic E-state index is 11.7. The quantitative estimate of drug-likeness (QED) is 0.671. The van der Waals surface area contributed by atoms with Gasteiger partial charge in [-0.2, -0.15) is 13.2 Å². The van der Waals surface area contributed by atoms with E-state index in [1.807, 2.05) is 6.92 Å². The first-order chi connectivity index (χ1) is 6.91. The zero-order chi connectivity index (χ0) is 11.9. The zero-order valence-corrected chi connectivity index (χ0v) is 8.47. The molecule has 0 unspecified atom stereocenters. The van der Waals surface area contributed by atoms with Gasteiger partial charge in [-0.1, -0.05) is 6.92 Å². The minimum atomic E-state index is -4.83. The molecule has 1 amide bonds. The second kappa shape index (κ2) is 6.62. The zero-order valence-electron chi connectivity index (χ0n) is 8.47. The van der Waals surface area contributed by atoms with Crippen LogP contribution in [0.2, 0.25) is 0 Å². The average molecular weight is 228 g/mol. The molecule has 0 spiro atoms. The van der Waals surface area contributed by atoms with Crippen molar-refractivity contribution in [3.05, 3.63) is 0 Å². The summed E-state index contributed by atoms with van der Waals surface area (Å²) < 4.78 is 35.2. The van der Waals surface area contributed by atoms with Crippen molar-refractivity contribution in [3.63, 3.8) is 0 Å². The van der Waals surface area contributed by atoms with Crippen LogP contribution in [0.25, 0.3) is 0 Å². The first kappa shape index (κ1) is 14.2. The molecule has 0 saturated heterocycles. The third kappa shape index (κ3) is 6.29. The van der Waals surface area contributed by atoms with Gasteiger partial charge < -0.3 is 10.4 Å². The van der Waals surface area contributed by atoms with Crippen molar-refractivity contribution in [2.75, 3.05) is 32.8 Å². The molecule has 15 heavy (non-hydrogen) atoms. The smallest absolute Gasteiger partial charge is 0.395 e. The fourth-order valence-electron chi connectivity index (χ4n) is 0.997. The van der Waals surface area contributed by atoms with Crippen molar-refractivity contribution in [2.45, 2.75) is 13.1 Å². The predicted octanol–water partition coefficient (Wildman–Crippen LogP) is -0.0209. The number of nitrogens with zero attached hydrogens (tertiary/aromatic N) is 1. The lowest BCUT2D eigenvalue weighted by Gasteiger charge is -2.19. The summed E-state index contributed by atoms with van der Waals surface area (Å²) in [5.41, 5.74) is 0. The number of aliphatic hydroxyl groups excluding tert-OH is 1. The summed E-state index contributed by atoms with van der Waals surface area (Å²) in [5, 5.41) is 10.4. The van der Waals surface area contributed by atoms with Gasteiger partial charge in [0.05, 0.1) is 6.61 Å². The second-order valence-electron chi connectivity index (χ2n) is 2.91. The second-order valence-corrected chi connectivity index (χ2v) is 2.91. The Labute approximate surface area is 86.1 Å². The van der Waals surface area contributed by atoms with Crippen LogP contribution in [0.1, 0.15) is 6.92 Å². The molecular formula is C8H15F3N2O2. The van der Waals surface area contributed by atoms with E-state index >= 15 is 0 Å². The van der Waals surface area contributed by atoms with Gasteiger partial charge >= 0.3 is 12.1 Å². The molecule has 2 N–H and O–H groups in total. The standard InChI is InChI=1S/C8H15F3N2O2/c1-2-13(5-6-14)4-3-12-7(15)8(9,10)11/h14H,2-6H2,1H3,(H,12,15). The summed E-state index contributed by atoms with van der Waals surface area (Å²) in [6.07, 6.45) is -4.83. The molecule has 0 saturated carbocycles. The maximum Gasteiger partial charge on any atom is 0.471 e. The summed E-state index contributed by atoms with van der Waals surface area (Å²) >= 11 is 0. The van der Waals surface area contributed by atoms with Crippen LogP contribution < -0.4 is 5.32 Å². The Kier molecular flexibility index (Phi) is 6.26. The molecule has 4 nitrogen and oxygen atoms in total. The van der Waals surface area contributed by atoms with Crippen LogP contribution in [-0.4, -0.2) is 54.9 Å². The Balaban J connectivity index is 3.73. The number of carbonyl (C=O) groups excluding carboxylic acids is 1. The molecule has 0 aromatic heterocycles. The number of hydrogen-bond acceptors (Lipinski definition) is 3. The highest BCUT2D eigenvalue weighted by molar-refractivity contribution is 5.81. The number of likely N-dealkylation sites (N-methyl/N-ethyl adjacent to an activating group) is 1. The van der Waals surface area contributed by atoms with Crippen molar-refractivity contribution >= 4 is 5.91 Å². The summed E-state index contributed by atoms with van der Waals surface area (Å²) in [4.78, 5) is 12.1. The highest BCUT2D eigenvalue weighted by Crippen LogP contribution is 2.13. The number of amides is 1. The molecule has 0 rings (SSSR count). The van der Waals surface area contributed by atoms with Crippen LogP contribution in [0.15, 0.2) is 0 Å². The van der Waals surface area contributed by atoms with Gasteiger partial charge in [0.25, 0.3) is 0 Å². The Morgan fingerprint density at radius 2 is 2.00 bits per heavy atom. The van der Waals surface area contributed by atoms with E-state index in [-0.39, 0.29) is 13.2 Å². The van der Waals surface area contributed by atoms with Gasteiger partial charge in [0.15, 0.2) is 0 Å². The highest BCUT2D eigenvalue weighted by Gasteiger charge is 2.38. The van der Waals surface area contributed by atoms with E-state index in [9.17, 15) is 18.0 Å². The fraction of sp³-hybridized carbons (Fsp3) is 0.875. The van der Waals surface area contributed by atoms with E-state index in [4.69, 9.17) is 5.11 Å². The molecule has 90 valence electrons. The molecule has 0 aliphatic carbocycles. The van der Waals surface area contributed by atoms with Crippen LogP contribution in [0.5, 0.6) is 0 Å². The SMILES string of the molecule is CCN(CCO)CCNC(=O)C(F)(F)F. The van der Waals surface area contributed by atoms with Crippen LogP contribution in [0.4, 0.5) is 13.2 Å². The molecule has 0 aromatic rings. The van der Waals surface area contributed by atoms with Gasteiger partial charge in [-0.05, 0) is 6.54 Å². The van der Waals surface area contributed by atoms with Crippen LogP contribution in [0.3, 0.4) is 0 Å². The van der Waals surface area contributed by atoms with Crippen molar-refractivity contribution < 1.29 is 23.1 Å². The maximum absolute atomic E-state index is 11.7. The van der Waals surface area contributed by atoms with Gasteiger partial charge in [0.2, 0.25) is 0 Å². The first-order valence-corrected chi connectivity index (χ1v) is 4.60. The summed E-state index contributed by atoms with van der Waals surface area (Å²) in [7, 11) is 0. The van der Waals surface area contributed by atoms with Crippen molar-refractivity contribution in [2.24, 2.45) is 0 Å². The van der Waals surface area contributed by atoms with E-state index in [1.54, 1.807) is 10.2 Å². The molecule has 0 aromatic carbocycles.